The van der Waals surface area contributed by atoms with Crippen LogP contribution in [0, 0.1) is 20.8 Å². The topological polar surface area (TPSA) is 67.2 Å². The molecular formula is C19H22N6OS. The summed E-state index contributed by atoms with van der Waals surface area (Å²) in [5, 5.41) is 6.47. The van der Waals surface area contributed by atoms with Gasteiger partial charge in [-0.2, -0.15) is 5.10 Å². The van der Waals surface area contributed by atoms with E-state index in [4.69, 9.17) is 0 Å². The summed E-state index contributed by atoms with van der Waals surface area (Å²) in [6.45, 7) is 8.78. The van der Waals surface area contributed by atoms with Crippen molar-refractivity contribution in [3.8, 4) is 5.82 Å². The first-order valence-electron chi connectivity index (χ1n) is 8.98. The van der Waals surface area contributed by atoms with E-state index in [0.717, 1.165) is 41.0 Å². The third kappa shape index (κ3) is 3.57. The second-order valence-corrected chi connectivity index (χ2v) is 7.67. The lowest BCUT2D eigenvalue weighted by Crippen LogP contribution is -2.49. The van der Waals surface area contributed by atoms with Crippen molar-refractivity contribution in [3.05, 3.63) is 51.7 Å². The molecule has 0 spiro atoms. The highest BCUT2D eigenvalue weighted by Crippen LogP contribution is 2.20. The summed E-state index contributed by atoms with van der Waals surface area (Å²) in [5.41, 5.74) is 2.01. The molecule has 1 aliphatic rings. The van der Waals surface area contributed by atoms with E-state index in [1.54, 1.807) is 0 Å². The molecule has 1 aliphatic heterocycles. The van der Waals surface area contributed by atoms with Gasteiger partial charge in [-0.05, 0) is 38.3 Å². The van der Waals surface area contributed by atoms with Crippen molar-refractivity contribution < 1.29 is 4.79 Å². The number of nitrogens with zero attached hydrogens (tertiary/aromatic N) is 6. The number of aryl methyl sites for hydroxylation is 3. The first-order chi connectivity index (χ1) is 13.0. The molecule has 0 radical (unpaired) electrons. The van der Waals surface area contributed by atoms with E-state index < -0.39 is 0 Å². The third-order valence-electron chi connectivity index (χ3n) is 4.66. The van der Waals surface area contributed by atoms with Crippen LogP contribution >= 0.6 is 11.3 Å². The number of hydrogen-bond acceptors (Lipinski definition) is 6. The summed E-state index contributed by atoms with van der Waals surface area (Å²) in [6.07, 6.45) is 0. The maximum absolute atomic E-state index is 12.5. The van der Waals surface area contributed by atoms with Gasteiger partial charge in [0.05, 0.1) is 10.6 Å². The minimum atomic E-state index is 0.117. The monoisotopic (exact) mass is 382 g/mol. The Morgan fingerprint density at radius 2 is 1.78 bits per heavy atom. The van der Waals surface area contributed by atoms with Crippen LogP contribution in [0.3, 0.4) is 0 Å². The minimum absolute atomic E-state index is 0.117. The Morgan fingerprint density at radius 3 is 2.41 bits per heavy atom. The molecule has 0 bridgehead atoms. The highest BCUT2D eigenvalue weighted by atomic mass is 32.1. The van der Waals surface area contributed by atoms with Crippen LogP contribution in [0.25, 0.3) is 5.82 Å². The standard InChI is InChI=1S/C19H22N6OS/c1-13-11-14(2)25(22-13)18-12-17(20-15(3)21-18)23-6-8-24(9-7-23)19(26)16-5-4-10-27-16/h4-5,10-12H,6-9H2,1-3H3. The third-order valence-corrected chi connectivity index (χ3v) is 5.52. The molecule has 4 rings (SSSR count). The molecule has 1 amide bonds. The van der Waals surface area contributed by atoms with Gasteiger partial charge in [-0.3, -0.25) is 4.79 Å². The van der Waals surface area contributed by atoms with E-state index in [9.17, 15) is 4.79 Å². The number of amides is 1. The van der Waals surface area contributed by atoms with E-state index in [-0.39, 0.29) is 5.91 Å². The molecule has 0 unspecified atom stereocenters. The van der Waals surface area contributed by atoms with E-state index in [1.807, 2.05) is 60.0 Å². The summed E-state index contributed by atoms with van der Waals surface area (Å²) in [7, 11) is 0. The van der Waals surface area contributed by atoms with Crippen LogP contribution < -0.4 is 4.90 Å². The van der Waals surface area contributed by atoms with Crippen LogP contribution in [-0.2, 0) is 0 Å². The van der Waals surface area contributed by atoms with Gasteiger partial charge < -0.3 is 9.80 Å². The average Bonchev–Trinajstić information content (AvgIpc) is 3.30. The van der Waals surface area contributed by atoms with Crippen molar-refractivity contribution in [1.29, 1.82) is 0 Å². The number of thiophene rings is 1. The van der Waals surface area contributed by atoms with Crippen molar-refractivity contribution in [3.63, 3.8) is 0 Å². The van der Waals surface area contributed by atoms with Crippen LogP contribution in [0.2, 0.25) is 0 Å². The molecule has 3 aromatic rings. The fraction of sp³-hybridized carbons (Fsp3) is 0.368. The molecule has 1 fully saturated rings. The van der Waals surface area contributed by atoms with Crippen LogP contribution in [0.15, 0.2) is 29.6 Å². The second-order valence-electron chi connectivity index (χ2n) is 6.73. The zero-order chi connectivity index (χ0) is 19.0. The predicted molar refractivity (Wildman–Crippen MR) is 106 cm³/mol. The van der Waals surface area contributed by atoms with Crippen molar-refractivity contribution in [1.82, 2.24) is 24.6 Å². The van der Waals surface area contributed by atoms with Crippen LogP contribution in [0.5, 0.6) is 0 Å². The quantitative estimate of drug-likeness (QED) is 0.697. The normalized spacial score (nSPS) is 14.6. The molecule has 8 heteroatoms. The number of aromatic nitrogens is 4. The Labute approximate surface area is 162 Å². The average molecular weight is 382 g/mol. The Kier molecular flexibility index (Phi) is 4.65. The molecule has 0 aromatic carbocycles. The SMILES string of the molecule is Cc1cc(C)n(-c2cc(N3CCN(C(=O)c4cccs4)CC3)nc(C)n2)n1. The number of carbonyl (C=O) groups is 1. The van der Waals surface area contributed by atoms with Gasteiger partial charge in [0.2, 0.25) is 0 Å². The van der Waals surface area contributed by atoms with Gasteiger partial charge in [0.15, 0.2) is 5.82 Å². The summed E-state index contributed by atoms with van der Waals surface area (Å²) in [5.74, 6) is 2.49. The first kappa shape index (κ1) is 17.7. The second kappa shape index (κ2) is 7.11. The Hall–Kier alpha value is -2.74. The molecular weight excluding hydrogens is 360 g/mol. The number of anilines is 1. The fourth-order valence-electron chi connectivity index (χ4n) is 3.36. The molecule has 0 N–H and O–H groups in total. The van der Waals surface area contributed by atoms with Crippen molar-refractivity contribution >= 4 is 23.1 Å². The fourth-order valence-corrected chi connectivity index (χ4v) is 4.05. The smallest absolute Gasteiger partial charge is 0.264 e. The van der Waals surface area contributed by atoms with E-state index in [2.05, 4.69) is 20.0 Å². The molecule has 140 valence electrons. The molecule has 3 aromatic heterocycles. The number of piperazine rings is 1. The molecule has 4 heterocycles. The highest BCUT2D eigenvalue weighted by molar-refractivity contribution is 7.12. The van der Waals surface area contributed by atoms with Gasteiger partial charge in [-0.15, -0.1) is 11.3 Å². The van der Waals surface area contributed by atoms with Gasteiger partial charge >= 0.3 is 0 Å². The summed E-state index contributed by atoms with van der Waals surface area (Å²) < 4.78 is 1.85. The van der Waals surface area contributed by atoms with Crippen LogP contribution in [0.4, 0.5) is 5.82 Å². The van der Waals surface area contributed by atoms with E-state index >= 15 is 0 Å². The molecule has 27 heavy (non-hydrogen) atoms. The van der Waals surface area contributed by atoms with Crippen molar-refractivity contribution in [2.75, 3.05) is 31.1 Å². The largest absolute Gasteiger partial charge is 0.353 e. The summed E-state index contributed by atoms with van der Waals surface area (Å²) >= 11 is 1.49. The number of hydrogen-bond donors (Lipinski definition) is 0. The number of rotatable bonds is 3. The van der Waals surface area contributed by atoms with Gasteiger partial charge in [0.1, 0.15) is 11.6 Å². The molecule has 7 nitrogen and oxygen atoms in total. The Bertz CT molecular complexity index is 957. The Morgan fingerprint density at radius 1 is 1.04 bits per heavy atom. The minimum Gasteiger partial charge on any atom is -0.353 e. The Balaban J connectivity index is 1.51. The molecule has 1 saturated heterocycles. The predicted octanol–water partition coefficient (Wildman–Crippen LogP) is 2.61. The summed E-state index contributed by atoms with van der Waals surface area (Å²) in [4.78, 5) is 26.6. The van der Waals surface area contributed by atoms with Gasteiger partial charge in [-0.1, -0.05) is 6.07 Å². The van der Waals surface area contributed by atoms with Gasteiger partial charge in [0.25, 0.3) is 5.91 Å². The zero-order valence-corrected chi connectivity index (χ0v) is 16.5. The van der Waals surface area contributed by atoms with Crippen LogP contribution in [0.1, 0.15) is 26.9 Å². The molecule has 0 saturated carbocycles. The van der Waals surface area contributed by atoms with Gasteiger partial charge in [0, 0.05) is 37.9 Å². The van der Waals surface area contributed by atoms with Crippen molar-refractivity contribution in [2.24, 2.45) is 0 Å². The molecule has 0 atom stereocenters. The highest BCUT2D eigenvalue weighted by Gasteiger charge is 2.24. The van der Waals surface area contributed by atoms with E-state index in [0.29, 0.717) is 18.9 Å². The zero-order valence-electron chi connectivity index (χ0n) is 15.7. The lowest BCUT2D eigenvalue weighted by atomic mass is 10.3. The lowest BCUT2D eigenvalue weighted by molar-refractivity contribution is 0.0751. The maximum Gasteiger partial charge on any atom is 0.264 e. The lowest BCUT2D eigenvalue weighted by Gasteiger charge is -2.35. The maximum atomic E-state index is 12.5. The molecule has 0 aliphatic carbocycles. The van der Waals surface area contributed by atoms with Gasteiger partial charge in [-0.25, -0.2) is 14.6 Å². The van der Waals surface area contributed by atoms with Crippen molar-refractivity contribution in [2.45, 2.75) is 20.8 Å². The van der Waals surface area contributed by atoms with E-state index in [1.165, 1.54) is 11.3 Å². The summed E-state index contributed by atoms with van der Waals surface area (Å²) in [6, 6.07) is 7.81. The number of carbonyl (C=O) groups excluding carboxylic acids is 1. The first-order valence-corrected chi connectivity index (χ1v) is 9.86. The van der Waals surface area contributed by atoms with Crippen LogP contribution in [-0.4, -0.2) is 56.7 Å².